The number of nitrogens with one attached hydrogen (secondary N) is 1. The molecule has 0 aromatic heterocycles. The molecule has 0 bridgehead atoms. The number of carbonyl (C=O) groups is 1. The lowest BCUT2D eigenvalue weighted by molar-refractivity contribution is -0.148. The molecule has 0 aliphatic carbocycles. The molecule has 134 valence electrons. The predicted molar refractivity (Wildman–Crippen MR) is 83.3 cm³/mol. The van der Waals surface area contributed by atoms with E-state index in [2.05, 4.69) is 5.32 Å². The molecule has 3 nitrogen and oxygen atoms in total. The van der Waals surface area contributed by atoms with Crippen molar-refractivity contribution >= 4 is 17.5 Å². The molecule has 0 spiro atoms. The number of hydrogen-bond donors (Lipinski definition) is 1. The Kier molecular flexibility index (Phi) is 6.46. The van der Waals surface area contributed by atoms with Crippen LogP contribution in [0, 0.1) is 11.7 Å². The number of carbonyl (C=O) groups excluding carboxylic acids is 1. The van der Waals surface area contributed by atoms with E-state index in [1.807, 2.05) is 0 Å². The summed E-state index contributed by atoms with van der Waals surface area (Å²) >= 11 is 5.87. The average molecular weight is 367 g/mol. The lowest BCUT2D eigenvalue weighted by Gasteiger charge is -2.32. The van der Waals surface area contributed by atoms with Crippen LogP contribution in [0.2, 0.25) is 5.02 Å². The third kappa shape index (κ3) is 5.94. The van der Waals surface area contributed by atoms with Crippen LogP contribution in [-0.2, 0) is 11.2 Å². The van der Waals surface area contributed by atoms with Gasteiger partial charge in [0.2, 0.25) is 5.91 Å². The first-order chi connectivity index (χ1) is 11.2. The van der Waals surface area contributed by atoms with Crippen LogP contribution in [0.1, 0.15) is 18.4 Å². The molecule has 1 aromatic carbocycles. The second-order valence-corrected chi connectivity index (χ2v) is 6.42. The van der Waals surface area contributed by atoms with Crippen LogP contribution in [0.5, 0.6) is 0 Å². The van der Waals surface area contributed by atoms with Gasteiger partial charge in [-0.15, -0.1) is 0 Å². The minimum Gasteiger partial charge on any atom is -0.356 e. The summed E-state index contributed by atoms with van der Waals surface area (Å²) in [6.45, 7) is 0.209. The van der Waals surface area contributed by atoms with E-state index in [0.29, 0.717) is 32.5 Å². The number of hydrogen-bond acceptors (Lipinski definition) is 2. The Morgan fingerprint density at radius 2 is 1.96 bits per heavy atom. The van der Waals surface area contributed by atoms with Crippen molar-refractivity contribution in [2.75, 3.05) is 26.2 Å². The molecular formula is C16H19ClF4N2O. The molecule has 8 heteroatoms. The van der Waals surface area contributed by atoms with Crippen LogP contribution in [-0.4, -0.2) is 43.2 Å². The van der Waals surface area contributed by atoms with Crippen molar-refractivity contribution in [1.29, 1.82) is 0 Å². The Hall–Kier alpha value is -1.34. The van der Waals surface area contributed by atoms with Gasteiger partial charge in [0, 0.05) is 17.1 Å². The molecule has 1 saturated heterocycles. The number of likely N-dealkylation sites (tertiary alicyclic amines) is 1. The van der Waals surface area contributed by atoms with E-state index in [1.165, 1.54) is 23.1 Å². The second kappa shape index (κ2) is 8.16. The van der Waals surface area contributed by atoms with Crippen LogP contribution in [0.4, 0.5) is 17.6 Å². The van der Waals surface area contributed by atoms with Crippen molar-refractivity contribution in [1.82, 2.24) is 10.2 Å². The SMILES string of the molecule is O=C(Cc1c(F)cccc1Cl)NCC1CCN(CC(F)(F)F)CC1. The summed E-state index contributed by atoms with van der Waals surface area (Å²) in [4.78, 5) is 13.3. The Morgan fingerprint density at radius 3 is 2.54 bits per heavy atom. The lowest BCUT2D eigenvalue weighted by atomic mass is 9.96. The van der Waals surface area contributed by atoms with E-state index >= 15 is 0 Å². The highest BCUT2D eigenvalue weighted by atomic mass is 35.5. The number of amides is 1. The van der Waals surface area contributed by atoms with Gasteiger partial charge in [-0.05, 0) is 44.0 Å². The maximum Gasteiger partial charge on any atom is 0.401 e. The maximum absolute atomic E-state index is 13.6. The molecule has 1 heterocycles. The molecule has 0 radical (unpaired) electrons. The molecule has 0 saturated carbocycles. The highest BCUT2D eigenvalue weighted by Gasteiger charge is 2.32. The Morgan fingerprint density at radius 1 is 1.29 bits per heavy atom. The largest absolute Gasteiger partial charge is 0.401 e. The number of rotatable bonds is 5. The number of halogens is 5. The summed E-state index contributed by atoms with van der Waals surface area (Å²) in [5.41, 5.74) is 0.150. The van der Waals surface area contributed by atoms with Gasteiger partial charge in [-0.25, -0.2) is 4.39 Å². The number of benzene rings is 1. The standard InChI is InChI=1S/C16H19ClF4N2O/c17-13-2-1-3-14(18)12(13)8-15(24)22-9-11-4-6-23(7-5-11)10-16(19,20)21/h1-3,11H,4-10H2,(H,22,24). The zero-order valence-corrected chi connectivity index (χ0v) is 13.8. The fourth-order valence-electron chi connectivity index (χ4n) is 2.78. The third-order valence-corrected chi connectivity index (χ3v) is 4.45. The summed E-state index contributed by atoms with van der Waals surface area (Å²) in [6.07, 6.45) is -3.15. The molecule has 1 N–H and O–H groups in total. The highest BCUT2D eigenvalue weighted by Crippen LogP contribution is 2.22. The minimum atomic E-state index is -4.18. The van der Waals surface area contributed by atoms with E-state index in [-0.39, 0.29) is 28.8 Å². The molecule has 1 aromatic rings. The summed E-state index contributed by atoms with van der Waals surface area (Å²) in [5.74, 6) is -0.743. The van der Waals surface area contributed by atoms with E-state index in [1.54, 1.807) is 0 Å². The molecule has 1 aliphatic rings. The summed E-state index contributed by atoms with van der Waals surface area (Å²) in [7, 11) is 0. The van der Waals surface area contributed by atoms with Crippen molar-refractivity contribution < 1.29 is 22.4 Å². The van der Waals surface area contributed by atoms with Crippen molar-refractivity contribution in [2.45, 2.75) is 25.4 Å². The van der Waals surface area contributed by atoms with Gasteiger partial charge in [-0.3, -0.25) is 9.69 Å². The zero-order chi connectivity index (χ0) is 17.7. The Bertz CT molecular complexity index is 551. The molecule has 0 unspecified atom stereocenters. The summed E-state index contributed by atoms with van der Waals surface area (Å²) < 4.78 is 50.6. The smallest absolute Gasteiger partial charge is 0.356 e. The summed E-state index contributed by atoms with van der Waals surface area (Å²) in [6, 6.07) is 4.22. The molecular weight excluding hydrogens is 348 g/mol. The van der Waals surface area contributed by atoms with Crippen molar-refractivity contribution in [3.63, 3.8) is 0 Å². The zero-order valence-electron chi connectivity index (χ0n) is 13.0. The van der Waals surface area contributed by atoms with E-state index < -0.39 is 18.5 Å². The first-order valence-corrected chi connectivity index (χ1v) is 8.11. The molecule has 24 heavy (non-hydrogen) atoms. The Balaban J connectivity index is 1.74. The fourth-order valence-corrected chi connectivity index (χ4v) is 3.01. The molecule has 1 aliphatic heterocycles. The number of nitrogens with zero attached hydrogens (tertiary/aromatic N) is 1. The topological polar surface area (TPSA) is 32.3 Å². The third-order valence-electron chi connectivity index (χ3n) is 4.10. The normalized spacial score (nSPS) is 17.0. The van der Waals surface area contributed by atoms with Crippen LogP contribution in [0.3, 0.4) is 0 Å². The minimum absolute atomic E-state index is 0.134. The lowest BCUT2D eigenvalue weighted by Crippen LogP contribution is -2.42. The monoisotopic (exact) mass is 366 g/mol. The predicted octanol–water partition coefficient (Wildman–Crippen LogP) is 3.41. The van der Waals surface area contributed by atoms with Crippen LogP contribution in [0.15, 0.2) is 18.2 Å². The fraction of sp³-hybridized carbons (Fsp3) is 0.562. The van der Waals surface area contributed by atoms with Gasteiger partial charge >= 0.3 is 6.18 Å². The second-order valence-electron chi connectivity index (χ2n) is 6.02. The number of alkyl halides is 3. The first-order valence-electron chi connectivity index (χ1n) is 7.73. The van der Waals surface area contributed by atoms with Gasteiger partial charge < -0.3 is 5.32 Å². The molecule has 0 atom stereocenters. The highest BCUT2D eigenvalue weighted by molar-refractivity contribution is 6.31. The van der Waals surface area contributed by atoms with Gasteiger partial charge in [-0.2, -0.15) is 13.2 Å². The summed E-state index contributed by atoms with van der Waals surface area (Å²) in [5, 5.41) is 2.91. The van der Waals surface area contributed by atoms with E-state index in [9.17, 15) is 22.4 Å². The van der Waals surface area contributed by atoms with Crippen LogP contribution >= 0.6 is 11.6 Å². The van der Waals surface area contributed by atoms with Gasteiger partial charge in [0.25, 0.3) is 0 Å². The molecule has 1 fully saturated rings. The quantitative estimate of drug-likeness (QED) is 0.810. The van der Waals surface area contributed by atoms with Crippen LogP contribution in [0.25, 0.3) is 0 Å². The Labute approximate surface area is 143 Å². The van der Waals surface area contributed by atoms with Crippen molar-refractivity contribution in [2.24, 2.45) is 5.92 Å². The average Bonchev–Trinajstić information content (AvgIpc) is 2.49. The molecule has 2 rings (SSSR count). The van der Waals surface area contributed by atoms with Gasteiger partial charge in [0.05, 0.1) is 13.0 Å². The van der Waals surface area contributed by atoms with Gasteiger partial charge in [-0.1, -0.05) is 17.7 Å². The first kappa shape index (κ1) is 19.0. The molecule has 1 amide bonds. The van der Waals surface area contributed by atoms with E-state index in [0.717, 1.165) is 0 Å². The van der Waals surface area contributed by atoms with Crippen molar-refractivity contribution in [3.8, 4) is 0 Å². The van der Waals surface area contributed by atoms with Crippen LogP contribution < -0.4 is 5.32 Å². The maximum atomic E-state index is 13.6. The van der Waals surface area contributed by atoms with E-state index in [4.69, 9.17) is 11.6 Å². The van der Waals surface area contributed by atoms with Gasteiger partial charge in [0.1, 0.15) is 5.82 Å². The van der Waals surface area contributed by atoms with Crippen molar-refractivity contribution in [3.05, 3.63) is 34.6 Å². The number of piperidine rings is 1. The van der Waals surface area contributed by atoms with Gasteiger partial charge in [0.15, 0.2) is 0 Å².